The lowest BCUT2D eigenvalue weighted by molar-refractivity contribution is 0.153. The van der Waals surface area contributed by atoms with Crippen LogP contribution in [0, 0.1) is 5.92 Å². The molecule has 3 atom stereocenters. The van der Waals surface area contributed by atoms with Crippen molar-refractivity contribution in [2.24, 2.45) is 11.7 Å². The van der Waals surface area contributed by atoms with Gasteiger partial charge < -0.3 is 20.3 Å². The fourth-order valence-electron chi connectivity index (χ4n) is 5.30. The Morgan fingerprint density at radius 1 is 1.12 bits per heavy atom. The highest BCUT2D eigenvalue weighted by molar-refractivity contribution is 7.46. The van der Waals surface area contributed by atoms with Gasteiger partial charge in [-0.3, -0.25) is 4.52 Å². The van der Waals surface area contributed by atoms with Crippen molar-refractivity contribution in [2.45, 2.75) is 62.8 Å². The van der Waals surface area contributed by atoms with Crippen LogP contribution < -0.4 is 10.5 Å². The third kappa shape index (κ3) is 6.00. The second kappa shape index (κ2) is 9.66. The summed E-state index contributed by atoms with van der Waals surface area (Å²) in [6, 6.07) is 15.2. The van der Waals surface area contributed by atoms with Gasteiger partial charge in [0.05, 0.1) is 13.7 Å². The number of benzene rings is 2. The minimum absolute atomic E-state index is 0.103. The first-order valence-electron chi connectivity index (χ1n) is 11.5. The molecule has 0 heterocycles. The molecule has 0 bridgehead atoms. The molecule has 0 saturated heterocycles. The molecule has 4 N–H and O–H groups in total. The Morgan fingerprint density at radius 2 is 1.91 bits per heavy atom. The van der Waals surface area contributed by atoms with E-state index in [1.807, 2.05) is 12.1 Å². The number of phosphoric ester groups is 1. The van der Waals surface area contributed by atoms with Crippen LogP contribution in [0.15, 0.2) is 42.5 Å². The highest BCUT2D eigenvalue weighted by Crippen LogP contribution is 2.44. The Balaban J connectivity index is 1.32. The SMILES string of the molecule is COc1ccc(CC[C@@H]2CCc3cc([C@@H]4CC[C@@](N)(COP(=O)(O)O)C4)ccc3C2)cc1. The van der Waals surface area contributed by atoms with Crippen LogP contribution in [0.4, 0.5) is 0 Å². The largest absolute Gasteiger partial charge is 0.497 e. The molecule has 2 aliphatic rings. The van der Waals surface area contributed by atoms with Gasteiger partial charge in [-0.2, -0.15) is 0 Å². The Bertz CT molecular complexity index is 973. The first-order valence-corrected chi connectivity index (χ1v) is 13.0. The van der Waals surface area contributed by atoms with Gasteiger partial charge in [0.15, 0.2) is 0 Å². The summed E-state index contributed by atoms with van der Waals surface area (Å²) in [6.07, 6.45) is 8.08. The molecule has 2 aromatic carbocycles. The second-order valence-corrected chi connectivity index (χ2v) is 10.8. The molecule has 32 heavy (non-hydrogen) atoms. The lowest BCUT2D eigenvalue weighted by Crippen LogP contribution is -2.41. The number of ether oxygens (including phenoxy) is 1. The van der Waals surface area contributed by atoms with Crippen LogP contribution >= 0.6 is 7.82 Å². The topological polar surface area (TPSA) is 102 Å². The molecule has 1 fully saturated rings. The van der Waals surface area contributed by atoms with Crippen LogP contribution in [-0.2, 0) is 28.4 Å². The average molecular weight is 460 g/mol. The maximum Gasteiger partial charge on any atom is 0.469 e. The third-order valence-electron chi connectivity index (χ3n) is 7.20. The van der Waals surface area contributed by atoms with Crippen LogP contribution in [0.25, 0.3) is 0 Å². The Hall–Kier alpha value is -1.69. The predicted octanol–water partition coefficient (Wildman–Crippen LogP) is 4.51. The van der Waals surface area contributed by atoms with Crippen LogP contribution in [0.3, 0.4) is 0 Å². The summed E-state index contributed by atoms with van der Waals surface area (Å²) in [5.74, 6) is 1.93. The van der Waals surface area contributed by atoms with E-state index in [4.69, 9.17) is 24.8 Å². The molecule has 174 valence electrons. The van der Waals surface area contributed by atoms with Crippen LogP contribution in [0.1, 0.15) is 60.3 Å². The van der Waals surface area contributed by atoms with Crippen molar-refractivity contribution in [3.63, 3.8) is 0 Å². The predicted molar refractivity (Wildman–Crippen MR) is 125 cm³/mol. The van der Waals surface area contributed by atoms with Gasteiger partial charge in [0.25, 0.3) is 0 Å². The molecular formula is C25H34NO5P. The number of rotatable bonds is 8. The van der Waals surface area contributed by atoms with E-state index in [-0.39, 0.29) is 6.61 Å². The number of nitrogens with two attached hydrogens (primary N) is 1. The molecular weight excluding hydrogens is 425 g/mol. The fourth-order valence-corrected chi connectivity index (χ4v) is 5.72. The van der Waals surface area contributed by atoms with Gasteiger partial charge in [-0.1, -0.05) is 30.3 Å². The maximum atomic E-state index is 11.0. The van der Waals surface area contributed by atoms with Crippen molar-refractivity contribution in [1.29, 1.82) is 0 Å². The molecule has 0 aliphatic heterocycles. The van der Waals surface area contributed by atoms with Crippen molar-refractivity contribution >= 4 is 7.82 Å². The molecule has 6 nitrogen and oxygen atoms in total. The highest BCUT2D eigenvalue weighted by Gasteiger charge is 2.38. The summed E-state index contributed by atoms with van der Waals surface area (Å²) in [5, 5.41) is 0. The smallest absolute Gasteiger partial charge is 0.469 e. The van der Waals surface area contributed by atoms with Gasteiger partial charge >= 0.3 is 7.82 Å². The molecule has 0 unspecified atom stereocenters. The summed E-state index contributed by atoms with van der Waals surface area (Å²) in [4.78, 5) is 18.0. The first kappa shape index (κ1) is 23.5. The third-order valence-corrected chi connectivity index (χ3v) is 7.66. The zero-order chi connectivity index (χ0) is 22.8. The molecule has 2 aliphatic carbocycles. The minimum Gasteiger partial charge on any atom is -0.497 e. The van der Waals surface area contributed by atoms with E-state index in [1.54, 1.807) is 7.11 Å². The normalized spacial score (nSPS) is 25.5. The van der Waals surface area contributed by atoms with Gasteiger partial charge in [-0.25, -0.2) is 4.57 Å². The zero-order valence-electron chi connectivity index (χ0n) is 18.7. The number of hydrogen-bond donors (Lipinski definition) is 3. The fraction of sp³-hybridized carbons (Fsp3) is 0.520. The van der Waals surface area contributed by atoms with Gasteiger partial charge in [0.2, 0.25) is 0 Å². The zero-order valence-corrected chi connectivity index (χ0v) is 19.6. The average Bonchev–Trinajstić information content (AvgIpc) is 3.18. The maximum absolute atomic E-state index is 11.0. The molecule has 7 heteroatoms. The summed E-state index contributed by atoms with van der Waals surface area (Å²) in [7, 11) is -2.79. The van der Waals surface area contributed by atoms with Gasteiger partial charge in [0.1, 0.15) is 5.75 Å². The molecule has 0 spiro atoms. The van der Waals surface area contributed by atoms with E-state index in [9.17, 15) is 4.57 Å². The Kier molecular flexibility index (Phi) is 7.09. The summed E-state index contributed by atoms with van der Waals surface area (Å²) in [5.41, 5.74) is 11.3. The van der Waals surface area contributed by atoms with Crippen molar-refractivity contribution in [3.8, 4) is 5.75 Å². The van der Waals surface area contributed by atoms with E-state index in [0.29, 0.717) is 24.7 Å². The number of hydrogen-bond acceptors (Lipinski definition) is 4. The van der Waals surface area contributed by atoms with E-state index < -0.39 is 13.4 Å². The number of aryl methyl sites for hydroxylation is 2. The molecule has 0 amide bonds. The minimum atomic E-state index is -4.49. The Morgan fingerprint density at radius 3 is 2.62 bits per heavy atom. The lowest BCUT2D eigenvalue weighted by Gasteiger charge is -2.27. The molecule has 0 aromatic heterocycles. The summed E-state index contributed by atoms with van der Waals surface area (Å²) in [6.45, 7) is -0.103. The molecule has 4 rings (SSSR count). The van der Waals surface area contributed by atoms with E-state index >= 15 is 0 Å². The number of phosphoric acid groups is 1. The number of fused-ring (bicyclic) bond motifs is 1. The van der Waals surface area contributed by atoms with Crippen LogP contribution in [0.2, 0.25) is 0 Å². The van der Waals surface area contributed by atoms with Gasteiger partial charge in [-0.05, 0) is 97.6 Å². The summed E-state index contributed by atoms with van der Waals surface area (Å²) < 4.78 is 21.0. The quantitative estimate of drug-likeness (QED) is 0.502. The van der Waals surface area contributed by atoms with E-state index in [2.05, 4.69) is 30.3 Å². The molecule has 0 radical (unpaired) electrons. The lowest BCUT2D eigenvalue weighted by atomic mass is 9.79. The van der Waals surface area contributed by atoms with E-state index in [1.165, 1.54) is 35.1 Å². The van der Waals surface area contributed by atoms with Crippen LogP contribution in [0.5, 0.6) is 5.75 Å². The standard InChI is InChI=1S/C25H34NO5P/c1-30-24-10-5-18(6-11-24)2-3-19-4-7-21-15-22(9-8-20(21)14-19)23-12-13-25(26,16-23)17-31-32(27,28)29/h5-6,8-11,15,19,23H,2-4,7,12-14,16-17,26H2,1H3,(H2,27,28,29)/t19-,23-,25+/m1/s1. The van der Waals surface area contributed by atoms with Gasteiger partial charge in [-0.15, -0.1) is 0 Å². The molecule has 1 saturated carbocycles. The van der Waals surface area contributed by atoms with Crippen LogP contribution in [-0.4, -0.2) is 29.0 Å². The van der Waals surface area contributed by atoms with Crippen molar-refractivity contribution in [2.75, 3.05) is 13.7 Å². The van der Waals surface area contributed by atoms with Crippen molar-refractivity contribution in [1.82, 2.24) is 0 Å². The van der Waals surface area contributed by atoms with Crippen molar-refractivity contribution in [3.05, 3.63) is 64.7 Å². The highest BCUT2D eigenvalue weighted by atomic mass is 31.2. The Labute approximate surface area is 190 Å². The van der Waals surface area contributed by atoms with E-state index in [0.717, 1.165) is 31.4 Å². The monoisotopic (exact) mass is 459 g/mol. The molecule has 2 aromatic rings. The van der Waals surface area contributed by atoms with Crippen molar-refractivity contribution < 1.29 is 23.6 Å². The number of methoxy groups -OCH3 is 1. The first-order chi connectivity index (χ1) is 15.2. The van der Waals surface area contributed by atoms with Gasteiger partial charge in [0, 0.05) is 5.54 Å². The second-order valence-electron chi connectivity index (χ2n) is 9.59. The summed E-state index contributed by atoms with van der Waals surface area (Å²) >= 11 is 0.